The van der Waals surface area contributed by atoms with Gasteiger partial charge in [-0.1, -0.05) is 42.5 Å². The lowest BCUT2D eigenvalue weighted by atomic mass is 9.82. The minimum absolute atomic E-state index is 0.00787. The van der Waals surface area contributed by atoms with Gasteiger partial charge in [0.1, 0.15) is 6.61 Å². The molecule has 1 amide bonds. The second-order valence-electron chi connectivity index (χ2n) is 6.11. The zero-order valence-electron chi connectivity index (χ0n) is 13.4. The van der Waals surface area contributed by atoms with E-state index in [-0.39, 0.29) is 30.8 Å². The van der Waals surface area contributed by atoms with Gasteiger partial charge in [0.05, 0.1) is 11.3 Å². The Morgan fingerprint density at radius 1 is 1.00 bits per heavy atom. The number of hydrogen-bond donors (Lipinski definition) is 0. The zero-order valence-corrected chi connectivity index (χ0v) is 13.4. The van der Waals surface area contributed by atoms with E-state index in [1.165, 1.54) is 0 Å². The third-order valence-corrected chi connectivity index (χ3v) is 4.70. The van der Waals surface area contributed by atoms with Crippen molar-refractivity contribution in [1.29, 1.82) is 0 Å². The maximum atomic E-state index is 12.9. The van der Waals surface area contributed by atoms with Crippen LogP contribution in [0.15, 0.2) is 65.9 Å². The van der Waals surface area contributed by atoms with E-state index in [0.29, 0.717) is 11.3 Å². The van der Waals surface area contributed by atoms with Crippen LogP contribution in [0.5, 0.6) is 0 Å². The van der Waals surface area contributed by atoms with Crippen molar-refractivity contribution in [2.24, 2.45) is 0 Å². The van der Waals surface area contributed by atoms with Gasteiger partial charge in [0.2, 0.25) is 5.91 Å². The molecule has 2 aliphatic heterocycles. The number of esters is 1. The Bertz CT molecular complexity index is 854. The molecule has 0 saturated carbocycles. The van der Waals surface area contributed by atoms with E-state index in [0.717, 1.165) is 16.8 Å². The van der Waals surface area contributed by atoms with Crippen LogP contribution in [-0.2, 0) is 14.3 Å². The molecular formula is C20H17NO3. The van der Waals surface area contributed by atoms with Gasteiger partial charge in [0.25, 0.3) is 0 Å². The van der Waals surface area contributed by atoms with E-state index >= 15 is 0 Å². The van der Waals surface area contributed by atoms with E-state index in [1.807, 2.05) is 61.5 Å². The van der Waals surface area contributed by atoms with Gasteiger partial charge in [0.15, 0.2) is 0 Å². The van der Waals surface area contributed by atoms with Gasteiger partial charge >= 0.3 is 5.97 Å². The van der Waals surface area contributed by atoms with Crippen LogP contribution < -0.4 is 4.90 Å². The molecule has 0 aliphatic carbocycles. The highest BCUT2D eigenvalue weighted by Crippen LogP contribution is 2.42. The third kappa shape index (κ3) is 2.22. The normalized spacial score (nSPS) is 20.2. The molecule has 0 fully saturated rings. The number of cyclic esters (lactones) is 1. The maximum Gasteiger partial charge on any atom is 0.336 e. The molecule has 2 aliphatic rings. The number of aryl methyl sites for hydroxylation is 1. The highest BCUT2D eigenvalue weighted by atomic mass is 16.5. The fourth-order valence-electron chi connectivity index (χ4n) is 3.57. The van der Waals surface area contributed by atoms with Crippen molar-refractivity contribution in [3.05, 3.63) is 77.0 Å². The summed E-state index contributed by atoms with van der Waals surface area (Å²) in [5, 5.41) is 0. The van der Waals surface area contributed by atoms with Gasteiger partial charge in [-0.05, 0) is 30.2 Å². The number of anilines is 1. The molecule has 4 rings (SSSR count). The van der Waals surface area contributed by atoms with Crippen LogP contribution in [0.3, 0.4) is 0 Å². The molecule has 120 valence electrons. The topological polar surface area (TPSA) is 46.6 Å². The minimum atomic E-state index is -0.313. The molecule has 0 unspecified atom stereocenters. The Labute approximate surface area is 140 Å². The van der Waals surface area contributed by atoms with E-state index in [4.69, 9.17) is 4.74 Å². The first-order valence-corrected chi connectivity index (χ1v) is 8.00. The summed E-state index contributed by atoms with van der Waals surface area (Å²) in [6, 6.07) is 17.3. The summed E-state index contributed by atoms with van der Waals surface area (Å²) in [6.07, 6.45) is 0.272. The molecular weight excluding hydrogens is 302 g/mol. The van der Waals surface area contributed by atoms with Crippen molar-refractivity contribution < 1.29 is 14.3 Å². The molecule has 0 radical (unpaired) electrons. The summed E-state index contributed by atoms with van der Waals surface area (Å²) in [4.78, 5) is 26.9. The standard InChI is InChI=1S/C20H17NO3/c1-13-7-5-6-10-15(13)16-11-18(22)21(14-8-3-2-4-9-14)17-12-24-20(23)19(16)17/h2-10,16H,11-12H2,1H3/t16-/m0/s1. The summed E-state index contributed by atoms with van der Waals surface area (Å²) in [7, 11) is 0. The first kappa shape index (κ1) is 14.7. The van der Waals surface area contributed by atoms with Gasteiger partial charge in [-0.25, -0.2) is 4.79 Å². The lowest BCUT2D eigenvalue weighted by Crippen LogP contribution is -2.37. The number of benzene rings is 2. The van der Waals surface area contributed by atoms with Gasteiger partial charge in [-0.15, -0.1) is 0 Å². The molecule has 0 spiro atoms. The van der Waals surface area contributed by atoms with Crippen LogP contribution in [0.2, 0.25) is 0 Å². The molecule has 2 aromatic carbocycles. The van der Waals surface area contributed by atoms with Crippen molar-refractivity contribution >= 4 is 17.6 Å². The molecule has 1 atom stereocenters. The third-order valence-electron chi connectivity index (χ3n) is 4.70. The van der Waals surface area contributed by atoms with Gasteiger partial charge in [-0.2, -0.15) is 0 Å². The van der Waals surface area contributed by atoms with Crippen LogP contribution in [0.1, 0.15) is 23.5 Å². The van der Waals surface area contributed by atoms with Crippen molar-refractivity contribution in [2.45, 2.75) is 19.3 Å². The van der Waals surface area contributed by atoms with E-state index in [9.17, 15) is 9.59 Å². The number of hydrogen-bond acceptors (Lipinski definition) is 3. The smallest absolute Gasteiger partial charge is 0.336 e. The largest absolute Gasteiger partial charge is 0.456 e. The Morgan fingerprint density at radius 2 is 1.71 bits per heavy atom. The molecule has 24 heavy (non-hydrogen) atoms. The van der Waals surface area contributed by atoms with Gasteiger partial charge in [-0.3, -0.25) is 9.69 Å². The summed E-state index contributed by atoms with van der Waals surface area (Å²) < 4.78 is 5.28. The average Bonchev–Trinajstić information content (AvgIpc) is 2.97. The second-order valence-corrected chi connectivity index (χ2v) is 6.11. The molecule has 2 heterocycles. The van der Waals surface area contributed by atoms with Crippen LogP contribution in [-0.4, -0.2) is 18.5 Å². The lowest BCUT2D eigenvalue weighted by Gasteiger charge is -2.32. The number of ether oxygens (including phenoxy) is 1. The Balaban J connectivity index is 1.86. The van der Waals surface area contributed by atoms with Crippen LogP contribution in [0, 0.1) is 6.92 Å². The first-order chi connectivity index (χ1) is 11.7. The molecule has 0 N–H and O–H groups in total. The monoisotopic (exact) mass is 319 g/mol. The van der Waals surface area contributed by atoms with E-state index < -0.39 is 0 Å². The van der Waals surface area contributed by atoms with Crippen LogP contribution in [0.25, 0.3) is 0 Å². The molecule has 0 saturated heterocycles. The van der Waals surface area contributed by atoms with Gasteiger partial charge in [0, 0.05) is 18.0 Å². The first-order valence-electron chi connectivity index (χ1n) is 8.00. The SMILES string of the molecule is Cc1ccccc1[C@@H]1CC(=O)N(c2ccccc2)C2=C1C(=O)OC2. The molecule has 0 aromatic heterocycles. The number of para-hydroxylation sites is 1. The highest BCUT2D eigenvalue weighted by Gasteiger charge is 2.43. The highest BCUT2D eigenvalue weighted by molar-refractivity contribution is 6.06. The second kappa shape index (κ2) is 5.64. The van der Waals surface area contributed by atoms with E-state index in [1.54, 1.807) is 4.90 Å². The lowest BCUT2D eigenvalue weighted by molar-refractivity contribution is -0.136. The van der Waals surface area contributed by atoms with Crippen molar-refractivity contribution in [3.8, 4) is 0 Å². The maximum absolute atomic E-state index is 12.9. The quantitative estimate of drug-likeness (QED) is 0.798. The number of carbonyl (C=O) groups is 2. The average molecular weight is 319 g/mol. The van der Waals surface area contributed by atoms with Gasteiger partial charge < -0.3 is 4.74 Å². The summed E-state index contributed by atoms with van der Waals surface area (Å²) in [6.45, 7) is 2.15. The molecule has 4 heteroatoms. The van der Waals surface area contributed by atoms with Crippen molar-refractivity contribution in [3.63, 3.8) is 0 Å². The molecule has 2 aromatic rings. The molecule has 0 bridgehead atoms. The summed E-state index contributed by atoms with van der Waals surface area (Å²) in [5.41, 5.74) is 4.17. The summed E-state index contributed by atoms with van der Waals surface area (Å²) in [5.74, 6) is -0.554. The van der Waals surface area contributed by atoms with Crippen molar-refractivity contribution in [2.75, 3.05) is 11.5 Å². The van der Waals surface area contributed by atoms with Crippen LogP contribution >= 0.6 is 0 Å². The number of amides is 1. The Morgan fingerprint density at radius 3 is 2.46 bits per heavy atom. The predicted octanol–water partition coefficient (Wildman–Crippen LogP) is 3.33. The van der Waals surface area contributed by atoms with E-state index in [2.05, 4.69) is 0 Å². The Hall–Kier alpha value is -2.88. The van der Waals surface area contributed by atoms with Crippen molar-refractivity contribution in [1.82, 2.24) is 0 Å². The molecule has 4 nitrogen and oxygen atoms in total. The minimum Gasteiger partial charge on any atom is -0.456 e. The predicted molar refractivity (Wildman–Crippen MR) is 90.5 cm³/mol. The number of rotatable bonds is 2. The number of nitrogens with zero attached hydrogens (tertiary/aromatic N) is 1. The number of carbonyl (C=O) groups excluding carboxylic acids is 2. The summed E-state index contributed by atoms with van der Waals surface area (Å²) >= 11 is 0. The fourth-order valence-corrected chi connectivity index (χ4v) is 3.57. The van der Waals surface area contributed by atoms with Crippen LogP contribution in [0.4, 0.5) is 5.69 Å². The Kier molecular flexibility index (Phi) is 3.45. The zero-order chi connectivity index (χ0) is 16.7. The fraction of sp³-hybridized carbons (Fsp3) is 0.200.